The van der Waals surface area contributed by atoms with Crippen LogP contribution in [0.15, 0.2) is 34.8 Å². The Labute approximate surface area is 137 Å². The molecule has 0 aliphatic heterocycles. The van der Waals surface area contributed by atoms with Crippen LogP contribution in [-0.4, -0.2) is 24.5 Å². The van der Waals surface area contributed by atoms with Crippen LogP contribution in [0.2, 0.25) is 0 Å². The fourth-order valence-corrected chi connectivity index (χ4v) is 2.86. The van der Waals surface area contributed by atoms with E-state index in [1.54, 1.807) is 6.33 Å². The van der Waals surface area contributed by atoms with Crippen LogP contribution in [0.25, 0.3) is 11.2 Å². The number of aryl methyl sites for hydroxylation is 2. The molecule has 3 heterocycles. The third-order valence-electron chi connectivity index (χ3n) is 3.30. The second kappa shape index (κ2) is 6.67. The maximum atomic E-state index is 7.94. The van der Waals surface area contributed by atoms with E-state index >= 15 is 0 Å². The number of H-pyrrole nitrogens is 1. The van der Waals surface area contributed by atoms with Gasteiger partial charge in [-0.2, -0.15) is 0 Å². The van der Waals surface area contributed by atoms with E-state index in [1.807, 2.05) is 29.8 Å². The molecule has 0 bridgehead atoms. The summed E-state index contributed by atoms with van der Waals surface area (Å²) in [6.45, 7) is 2.73. The van der Waals surface area contributed by atoms with Crippen molar-refractivity contribution in [2.75, 3.05) is 0 Å². The summed E-state index contributed by atoms with van der Waals surface area (Å²) >= 11 is 1.43. The quantitative estimate of drug-likeness (QED) is 0.558. The molecule has 0 aromatic carbocycles. The van der Waals surface area contributed by atoms with Crippen molar-refractivity contribution in [1.82, 2.24) is 24.5 Å². The van der Waals surface area contributed by atoms with E-state index in [-0.39, 0.29) is 5.49 Å². The lowest BCUT2D eigenvalue weighted by Crippen LogP contribution is -2.12. The maximum Gasteiger partial charge on any atom is 0.174 e. The number of aromatic amines is 1. The van der Waals surface area contributed by atoms with E-state index in [9.17, 15) is 0 Å². The predicted molar refractivity (Wildman–Crippen MR) is 88.9 cm³/mol. The van der Waals surface area contributed by atoms with Crippen LogP contribution in [0.1, 0.15) is 18.4 Å². The van der Waals surface area contributed by atoms with E-state index in [1.165, 1.54) is 11.8 Å². The van der Waals surface area contributed by atoms with E-state index in [0.29, 0.717) is 17.1 Å². The van der Waals surface area contributed by atoms with Crippen molar-refractivity contribution in [3.05, 3.63) is 35.7 Å². The first-order chi connectivity index (χ1) is 11.2. The van der Waals surface area contributed by atoms with Gasteiger partial charge < -0.3 is 9.55 Å². The Morgan fingerprint density at radius 3 is 3.00 bits per heavy atom. The zero-order chi connectivity index (χ0) is 16.2. The Kier molecular flexibility index (Phi) is 4.44. The molecule has 6 nitrogen and oxygen atoms in total. The van der Waals surface area contributed by atoms with Crippen molar-refractivity contribution in [1.29, 1.82) is 5.41 Å². The summed E-state index contributed by atoms with van der Waals surface area (Å²) in [6.07, 6.45) is 10.3. The Hall–Kier alpha value is -2.59. The maximum absolute atomic E-state index is 7.94. The molecular formula is C16H16N6S. The molecule has 116 valence electrons. The first kappa shape index (κ1) is 15.3. The molecule has 0 aliphatic rings. The zero-order valence-corrected chi connectivity index (χ0v) is 13.5. The summed E-state index contributed by atoms with van der Waals surface area (Å²) in [5.74, 6) is 2.63. The van der Waals surface area contributed by atoms with Gasteiger partial charge in [0.25, 0.3) is 0 Å². The van der Waals surface area contributed by atoms with Gasteiger partial charge in [-0.3, -0.25) is 5.41 Å². The summed E-state index contributed by atoms with van der Waals surface area (Å²) in [4.78, 5) is 16.2. The van der Waals surface area contributed by atoms with Gasteiger partial charge >= 0.3 is 0 Å². The van der Waals surface area contributed by atoms with Crippen molar-refractivity contribution in [2.45, 2.75) is 36.5 Å². The molecule has 3 rings (SSSR count). The lowest BCUT2D eigenvalue weighted by atomic mass is 10.3. The average molecular weight is 324 g/mol. The van der Waals surface area contributed by atoms with E-state index in [2.05, 4.69) is 25.9 Å². The highest BCUT2D eigenvalue weighted by molar-refractivity contribution is 7.99. The molecule has 0 saturated heterocycles. The topological polar surface area (TPSA) is 83.2 Å². The van der Waals surface area contributed by atoms with Crippen LogP contribution in [0, 0.1) is 24.7 Å². The van der Waals surface area contributed by atoms with Crippen molar-refractivity contribution >= 4 is 22.9 Å². The molecule has 0 unspecified atom stereocenters. The third-order valence-corrected chi connectivity index (χ3v) is 4.14. The van der Waals surface area contributed by atoms with E-state index in [0.717, 1.165) is 29.2 Å². The molecule has 3 aromatic rings. The highest BCUT2D eigenvalue weighted by Gasteiger charge is 2.10. The van der Waals surface area contributed by atoms with Gasteiger partial charge in [-0.1, -0.05) is 6.07 Å². The fourth-order valence-electron chi connectivity index (χ4n) is 2.14. The Morgan fingerprint density at radius 2 is 2.26 bits per heavy atom. The minimum absolute atomic E-state index is 0.185. The fraction of sp³-hybridized carbons (Fsp3) is 0.250. The minimum atomic E-state index is 0.185. The molecular weight excluding hydrogens is 308 g/mol. The zero-order valence-electron chi connectivity index (χ0n) is 12.7. The third kappa shape index (κ3) is 3.43. The highest BCUT2D eigenvalue weighted by atomic mass is 32.2. The molecule has 0 aliphatic carbocycles. The van der Waals surface area contributed by atoms with Gasteiger partial charge in [0.15, 0.2) is 16.3 Å². The lowest BCUT2D eigenvalue weighted by molar-refractivity contribution is 0.653. The van der Waals surface area contributed by atoms with Gasteiger partial charge in [-0.25, -0.2) is 15.0 Å². The second-order valence-corrected chi connectivity index (χ2v) is 6.12. The monoisotopic (exact) mass is 324 g/mol. The van der Waals surface area contributed by atoms with Crippen LogP contribution in [-0.2, 0) is 6.54 Å². The number of rotatable bonds is 5. The van der Waals surface area contributed by atoms with Crippen LogP contribution in [0.3, 0.4) is 0 Å². The summed E-state index contributed by atoms with van der Waals surface area (Å²) in [5.41, 5.74) is 2.65. The average Bonchev–Trinajstić information content (AvgIpc) is 2.97. The first-order valence-electron chi connectivity index (χ1n) is 7.21. The highest BCUT2D eigenvalue weighted by Crippen LogP contribution is 2.24. The Morgan fingerprint density at radius 1 is 1.39 bits per heavy atom. The number of unbranched alkanes of at least 4 members (excludes halogenated alkanes) is 1. The summed E-state index contributed by atoms with van der Waals surface area (Å²) in [7, 11) is 0. The largest absolute Gasteiger partial charge is 0.328 e. The number of pyridine rings is 1. The SMILES string of the molecule is C#CCCCn1cnc(=N)c2[nH]c(Sc3ccc(C)cn3)nc21. The number of terminal acetylenes is 1. The summed E-state index contributed by atoms with van der Waals surface area (Å²) < 4.78 is 1.92. The van der Waals surface area contributed by atoms with Crippen molar-refractivity contribution in [3.8, 4) is 12.3 Å². The standard InChI is InChI=1S/C16H16N6S/c1-3-4-5-8-22-10-19-14(17)13-15(22)21-16(20-13)23-12-7-6-11(2)9-18-12/h1,6-7,9-10,17H,4-5,8H2,2H3,(H,20,21). The van der Waals surface area contributed by atoms with Crippen LogP contribution in [0.5, 0.6) is 0 Å². The molecule has 3 aromatic heterocycles. The smallest absolute Gasteiger partial charge is 0.174 e. The number of hydrogen-bond acceptors (Lipinski definition) is 5. The predicted octanol–water partition coefficient (Wildman–Crippen LogP) is 2.51. The van der Waals surface area contributed by atoms with Gasteiger partial charge in [0.2, 0.25) is 0 Å². The number of nitrogens with one attached hydrogen (secondary N) is 2. The first-order valence-corrected chi connectivity index (χ1v) is 8.03. The number of hydrogen-bond donors (Lipinski definition) is 2. The Bertz CT molecular complexity index is 916. The minimum Gasteiger partial charge on any atom is -0.328 e. The molecule has 0 amide bonds. The van der Waals surface area contributed by atoms with E-state index < -0.39 is 0 Å². The molecule has 0 atom stereocenters. The lowest BCUT2D eigenvalue weighted by Gasteiger charge is -2.04. The molecule has 0 fully saturated rings. The normalized spacial score (nSPS) is 10.8. The molecule has 0 radical (unpaired) electrons. The van der Waals surface area contributed by atoms with Crippen molar-refractivity contribution in [2.24, 2.45) is 0 Å². The van der Waals surface area contributed by atoms with Crippen LogP contribution >= 0.6 is 11.8 Å². The van der Waals surface area contributed by atoms with Gasteiger partial charge in [0.1, 0.15) is 10.5 Å². The Balaban J connectivity index is 1.92. The molecule has 7 heteroatoms. The van der Waals surface area contributed by atoms with Crippen molar-refractivity contribution < 1.29 is 0 Å². The van der Waals surface area contributed by atoms with Crippen molar-refractivity contribution in [3.63, 3.8) is 0 Å². The number of nitrogens with zero attached hydrogens (tertiary/aromatic N) is 4. The van der Waals surface area contributed by atoms with Crippen LogP contribution < -0.4 is 5.49 Å². The van der Waals surface area contributed by atoms with Gasteiger partial charge in [0, 0.05) is 19.2 Å². The van der Waals surface area contributed by atoms with Gasteiger partial charge in [-0.05, 0) is 36.7 Å². The van der Waals surface area contributed by atoms with Gasteiger partial charge in [0.05, 0.1) is 6.33 Å². The number of imidazole rings is 1. The second-order valence-electron chi connectivity index (χ2n) is 5.11. The summed E-state index contributed by atoms with van der Waals surface area (Å²) in [6, 6.07) is 3.96. The molecule has 23 heavy (non-hydrogen) atoms. The number of fused-ring (bicyclic) bond motifs is 1. The molecule has 0 saturated carbocycles. The summed E-state index contributed by atoms with van der Waals surface area (Å²) in [5, 5.41) is 9.49. The van der Waals surface area contributed by atoms with Gasteiger partial charge in [-0.15, -0.1) is 12.3 Å². The van der Waals surface area contributed by atoms with Crippen LogP contribution in [0.4, 0.5) is 0 Å². The van der Waals surface area contributed by atoms with E-state index in [4.69, 9.17) is 11.8 Å². The molecule has 0 spiro atoms. The number of aromatic nitrogens is 5. The molecule has 2 N–H and O–H groups in total.